The van der Waals surface area contributed by atoms with Gasteiger partial charge in [0, 0.05) is 42.7 Å². The molecule has 1 N–H and O–H groups in total. The number of hydrogen-bond acceptors (Lipinski definition) is 4. The summed E-state index contributed by atoms with van der Waals surface area (Å²) in [6.07, 6.45) is 1.92. The summed E-state index contributed by atoms with van der Waals surface area (Å²) in [4.78, 5) is 13.2. The third kappa shape index (κ3) is 3.26. The van der Waals surface area contributed by atoms with E-state index in [4.69, 9.17) is 9.47 Å². The van der Waals surface area contributed by atoms with Gasteiger partial charge in [0.05, 0.1) is 5.69 Å². The van der Waals surface area contributed by atoms with Gasteiger partial charge in [-0.3, -0.25) is 4.79 Å². The highest BCUT2D eigenvalue weighted by Crippen LogP contribution is 2.38. The van der Waals surface area contributed by atoms with Crippen molar-refractivity contribution in [1.82, 2.24) is 4.90 Å². The van der Waals surface area contributed by atoms with E-state index in [1.807, 2.05) is 17.0 Å². The van der Waals surface area contributed by atoms with Gasteiger partial charge in [0.1, 0.15) is 13.2 Å². The average molecular weight is 355 g/mol. The van der Waals surface area contributed by atoms with Crippen molar-refractivity contribution in [2.75, 3.05) is 31.6 Å². The van der Waals surface area contributed by atoms with Crippen LogP contribution in [0, 0.1) is 0 Å². The Hall–Kier alpha value is -1.43. The van der Waals surface area contributed by atoms with Gasteiger partial charge in [-0.05, 0) is 28.8 Å². The zero-order chi connectivity index (χ0) is 14.8. The third-order valence-corrected chi connectivity index (χ3v) is 4.59. The highest BCUT2D eigenvalue weighted by molar-refractivity contribution is 9.10. The summed E-state index contributed by atoms with van der Waals surface area (Å²) < 4.78 is 12.2. The van der Waals surface area contributed by atoms with Crippen LogP contribution in [0.3, 0.4) is 0 Å². The van der Waals surface area contributed by atoms with E-state index in [-0.39, 0.29) is 5.91 Å². The van der Waals surface area contributed by atoms with Crippen LogP contribution in [0.2, 0.25) is 0 Å². The number of nitrogens with zero attached hydrogens (tertiary/aromatic N) is 1. The summed E-state index contributed by atoms with van der Waals surface area (Å²) >= 11 is 3.57. The molecule has 0 aliphatic carbocycles. The van der Waals surface area contributed by atoms with Crippen LogP contribution in [0.5, 0.6) is 11.5 Å². The Balaban J connectivity index is 1.67. The van der Waals surface area contributed by atoms with Crippen molar-refractivity contribution in [3.05, 3.63) is 16.6 Å². The molecular weight excluding hydrogens is 336 g/mol. The van der Waals surface area contributed by atoms with E-state index in [9.17, 15) is 4.79 Å². The van der Waals surface area contributed by atoms with Crippen molar-refractivity contribution in [3.63, 3.8) is 0 Å². The van der Waals surface area contributed by atoms with Crippen molar-refractivity contribution in [2.45, 2.75) is 25.8 Å². The predicted octanol–water partition coefficient (Wildman–Crippen LogP) is 2.64. The fourth-order valence-electron chi connectivity index (χ4n) is 2.73. The van der Waals surface area contributed by atoms with Crippen LogP contribution in [0.15, 0.2) is 16.6 Å². The number of hydrogen-bond donors (Lipinski definition) is 1. The summed E-state index contributed by atoms with van der Waals surface area (Å²) in [5.41, 5.74) is 1.01. The molecular formula is C15H19BrN2O3. The lowest BCUT2D eigenvalue weighted by molar-refractivity contribution is -0.129. The molecule has 2 aliphatic heterocycles. The van der Waals surface area contributed by atoms with Crippen LogP contribution in [-0.2, 0) is 4.79 Å². The largest absolute Gasteiger partial charge is 0.486 e. The van der Waals surface area contributed by atoms with Crippen molar-refractivity contribution in [3.8, 4) is 11.5 Å². The molecule has 1 aromatic carbocycles. The smallest absolute Gasteiger partial charge is 0.219 e. The van der Waals surface area contributed by atoms with Gasteiger partial charge >= 0.3 is 0 Å². The Labute approximate surface area is 132 Å². The second-order valence-electron chi connectivity index (χ2n) is 5.40. The number of amides is 1. The molecule has 0 spiro atoms. The summed E-state index contributed by atoms with van der Waals surface area (Å²) in [6, 6.07) is 4.30. The molecule has 0 radical (unpaired) electrons. The fraction of sp³-hybridized carbons (Fsp3) is 0.533. The minimum Gasteiger partial charge on any atom is -0.486 e. The molecule has 1 saturated heterocycles. The lowest BCUT2D eigenvalue weighted by Crippen LogP contribution is -2.41. The zero-order valence-corrected chi connectivity index (χ0v) is 13.6. The van der Waals surface area contributed by atoms with Crippen molar-refractivity contribution in [2.24, 2.45) is 0 Å². The van der Waals surface area contributed by atoms with E-state index in [1.54, 1.807) is 6.92 Å². The molecule has 114 valence electrons. The lowest BCUT2D eigenvalue weighted by Gasteiger charge is -2.32. The number of carbonyl (C=O) groups excluding carboxylic acids is 1. The van der Waals surface area contributed by atoms with Crippen LogP contribution < -0.4 is 14.8 Å². The van der Waals surface area contributed by atoms with E-state index >= 15 is 0 Å². The second-order valence-corrected chi connectivity index (χ2v) is 6.25. The van der Waals surface area contributed by atoms with Gasteiger partial charge in [-0.1, -0.05) is 0 Å². The summed E-state index contributed by atoms with van der Waals surface area (Å²) in [5.74, 6) is 1.73. The molecule has 3 rings (SSSR count). The molecule has 0 aromatic heterocycles. The van der Waals surface area contributed by atoms with E-state index in [0.29, 0.717) is 19.3 Å². The number of rotatable bonds is 2. The number of anilines is 1. The SMILES string of the molecule is CC(=O)N1CCC(Nc2cc3c(cc2Br)OCCO3)CC1. The molecule has 21 heavy (non-hydrogen) atoms. The highest BCUT2D eigenvalue weighted by Gasteiger charge is 2.22. The monoisotopic (exact) mass is 354 g/mol. The number of fused-ring (bicyclic) bond motifs is 1. The lowest BCUT2D eigenvalue weighted by atomic mass is 10.0. The van der Waals surface area contributed by atoms with Crippen LogP contribution in [0.4, 0.5) is 5.69 Å². The van der Waals surface area contributed by atoms with E-state index in [2.05, 4.69) is 21.2 Å². The molecule has 0 atom stereocenters. The molecule has 6 heteroatoms. The van der Waals surface area contributed by atoms with Crippen molar-refractivity contribution in [1.29, 1.82) is 0 Å². The standard InChI is InChI=1S/C15H19BrN2O3/c1-10(19)18-4-2-11(3-5-18)17-13-9-15-14(8-12(13)16)20-6-7-21-15/h8-9,11,17H,2-7H2,1H3. The molecule has 0 saturated carbocycles. The van der Waals surface area contributed by atoms with Gasteiger partial charge in [0.15, 0.2) is 11.5 Å². The normalized spacial score (nSPS) is 18.5. The number of ether oxygens (including phenoxy) is 2. The quantitative estimate of drug-likeness (QED) is 0.886. The molecule has 0 bridgehead atoms. The molecule has 1 amide bonds. The predicted molar refractivity (Wildman–Crippen MR) is 84.0 cm³/mol. The Kier molecular flexibility index (Phi) is 4.24. The van der Waals surface area contributed by atoms with Gasteiger partial charge in [-0.25, -0.2) is 0 Å². The number of likely N-dealkylation sites (tertiary alicyclic amines) is 1. The van der Waals surface area contributed by atoms with Crippen LogP contribution in [0.25, 0.3) is 0 Å². The first-order valence-electron chi connectivity index (χ1n) is 7.24. The Morgan fingerprint density at radius 1 is 1.24 bits per heavy atom. The number of piperidine rings is 1. The maximum atomic E-state index is 11.3. The minimum absolute atomic E-state index is 0.161. The van der Waals surface area contributed by atoms with Crippen LogP contribution in [-0.4, -0.2) is 43.2 Å². The number of carbonyl (C=O) groups is 1. The maximum Gasteiger partial charge on any atom is 0.219 e. The van der Waals surface area contributed by atoms with E-state index in [0.717, 1.165) is 47.6 Å². The third-order valence-electron chi connectivity index (χ3n) is 3.93. The zero-order valence-electron chi connectivity index (χ0n) is 12.0. The average Bonchev–Trinajstić information content (AvgIpc) is 2.48. The molecule has 0 unspecified atom stereocenters. The number of halogens is 1. The first kappa shape index (κ1) is 14.5. The topological polar surface area (TPSA) is 50.8 Å². The number of nitrogens with one attached hydrogen (secondary N) is 1. The fourth-order valence-corrected chi connectivity index (χ4v) is 3.17. The van der Waals surface area contributed by atoms with Crippen LogP contribution >= 0.6 is 15.9 Å². The Bertz CT molecular complexity index is 542. The minimum atomic E-state index is 0.161. The Morgan fingerprint density at radius 2 is 1.86 bits per heavy atom. The molecule has 2 heterocycles. The highest BCUT2D eigenvalue weighted by atomic mass is 79.9. The first-order valence-corrected chi connectivity index (χ1v) is 8.04. The van der Waals surface area contributed by atoms with Gasteiger partial charge in [0.2, 0.25) is 5.91 Å². The number of benzene rings is 1. The van der Waals surface area contributed by atoms with Crippen molar-refractivity contribution >= 4 is 27.5 Å². The van der Waals surface area contributed by atoms with Gasteiger partial charge < -0.3 is 19.7 Å². The van der Waals surface area contributed by atoms with E-state index in [1.165, 1.54) is 0 Å². The van der Waals surface area contributed by atoms with Gasteiger partial charge in [-0.2, -0.15) is 0 Å². The first-order chi connectivity index (χ1) is 10.1. The maximum absolute atomic E-state index is 11.3. The molecule has 5 nitrogen and oxygen atoms in total. The molecule has 1 fully saturated rings. The summed E-state index contributed by atoms with van der Waals surface area (Å²) in [7, 11) is 0. The van der Waals surface area contributed by atoms with E-state index < -0.39 is 0 Å². The van der Waals surface area contributed by atoms with Crippen molar-refractivity contribution < 1.29 is 14.3 Å². The molecule has 2 aliphatic rings. The summed E-state index contributed by atoms with van der Waals surface area (Å²) in [6.45, 7) is 4.44. The van der Waals surface area contributed by atoms with Gasteiger partial charge in [0.25, 0.3) is 0 Å². The second kappa shape index (κ2) is 6.13. The van der Waals surface area contributed by atoms with Crippen LogP contribution in [0.1, 0.15) is 19.8 Å². The Morgan fingerprint density at radius 3 is 2.48 bits per heavy atom. The van der Waals surface area contributed by atoms with Gasteiger partial charge in [-0.15, -0.1) is 0 Å². The molecule has 1 aromatic rings. The summed E-state index contributed by atoms with van der Waals surface area (Å²) in [5, 5.41) is 3.54.